The average Bonchev–Trinajstić information content (AvgIpc) is 3.38. The minimum Gasteiger partial charge on any atom is -0.466 e. The number of amides is 1. The predicted molar refractivity (Wildman–Crippen MR) is 315 cm³/mol. The van der Waals surface area contributed by atoms with Gasteiger partial charge in [0, 0.05) is 12.8 Å². The Bertz CT molecular complexity index is 1080. The molecular weight excluding hydrogens is 887 g/mol. The van der Waals surface area contributed by atoms with Gasteiger partial charge in [0.25, 0.3) is 0 Å². The second kappa shape index (κ2) is 62.1. The van der Waals surface area contributed by atoms with Crippen molar-refractivity contribution in [3.8, 4) is 0 Å². The first-order chi connectivity index (χ1) is 35.5. The number of aliphatic hydroxyl groups excluding tert-OH is 2. The zero-order valence-corrected chi connectivity index (χ0v) is 48.9. The van der Waals surface area contributed by atoms with Gasteiger partial charge in [0.2, 0.25) is 5.91 Å². The molecule has 0 spiro atoms. The number of aliphatic hydroxyl groups is 2. The number of ether oxygens (including phenoxy) is 1. The van der Waals surface area contributed by atoms with Gasteiger partial charge in [-0.1, -0.05) is 321 Å². The molecule has 0 rings (SSSR count). The predicted octanol–water partition coefficient (Wildman–Crippen LogP) is 20.8. The van der Waals surface area contributed by atoms with E-state index in [0.717, 1.165) is 51.4 Å². The molecule has 1 amide bonds. The number of carbonyl (C=O) groups excluding carboxylic acids is 2. The average molecular weight is 1020 g/mol. The van der Waals surface area contributed by atoms with Crippen molar-refractivity contribution < 1.29 is 24.5 Å². The highest BCUT2D eigenvalue weighted by molar-refractivity contribution is 5.76. The lowest BCUT2D eigenvalue weighted by Gasteiger charge is -2.22. The Morgan fingerprint density at radius 1 is 0.375 bits per heavy atom. The number of rotatable bonds is 62. The van der Waals surface area contributed by atoms with Crippen molar-refractivity contribution in [2.75, 3.05) is 13.2 Å². The highest BCUT2D eigenvalue weighted by Gasteiger charge is 2.20. The van der Waals surface area contributed by atoms with Crippen LogP contribution in [0.3, 0.4) is 0 Å². The smallest absolute Gasteiger partial charge is 0.305 e. The number of hydrogen-bond acceptors (Lipinski definition) is 5. The second-order valence-electron chi connectivity index (χ2n) is 22.8. The zero-order valence-electron chi connectivity index (χ0n) is 48.9. The maximum Gasteiger partial charge on any atom is 0.305 e. The van der Waals surface area contributed by atoms with Gasteiger partial charge in [-0.15, -0.1) is 0 Å². The number of hydrogen-bond donors (Lipinski definition) is 3. The van der Waals surface area contributed by atoms with Crippen molar-refractivity contribution in [1.29, 1.82) is 0 Å². The van der Waals surface area contributed by atoms with Crippen LogP contribution in [0.2, 0.25) is 0 Å². The topological polar surface area (TPSA) is 95.9 Å². The zero-order chi connectivity index (χ0) is 52.2. The fourth-order valence-corrected chi connectivity index (χ4v) is 10.5. The number of unbranched alkanes of at least 4 members (excludes halogenated alkanes) is 49. The van der Waals surface area contributed by atoms with Crippen LogP contribution in [0.25, 0.3) is 0 Å². The molecule has 2 unspecified atom stereocenters. The van der Waals surface area contributed by atoms with E-state index in [0.29, 0.717) is 25.9 Å². The molecule has 0 bridgehead atoms. The van der Waals surface area contributed by atoms with Crippen LogP contribution in [0.4, 0.5) is 0 Å². The summed E-state index contributed by atoms with van der Waals surface area (Å²) in [5.74, 6) is -0.0389. The van der Waals surface area contributed by atoms with Gasteiger partial charge in [-0.3, -0.25) is 9.59 Å². The Balaban J connectivity index is 3.42. The van der Waals surface area contributed by atoms with E-state index in [1.165, 1.54) is 289 Å². The molecule has 0 radical (unpaired) electrons. The summed E-state index contributed by atoms with van der Waals surface area (Å²) in [5.41, 5.74) is 0. The van der Waals surface area contributed by atoms with Crippen molar-refractivity contribution in [3.05, 3.63) is 12.2 Å². The molecular formula is C66H129NO5. The lowest BCUT2D eigenvalue weighted by molar-refractivity contribution is -0.143. The largest absolute Gasteiger partial charge is 0.466 e. The van der Waals surface area contributed by atoms with Crippen LogP contribution in [0, 0.1) is 0 Å². The number of esters is 1. The van der Waals surface area contributed by atoms with E-state index in [9.17, 15) is 19.8 Å². The Hall–Kier alpha value is -1.40. The standard InChI is InChI=1S/C66H129NO5/c1-3-5-7-9-11-13-15-17-19-21-23-26-30-34-38-42-46-50-54-58-64(69)63(62-68)67-65(70)59-55-51-47-43-39-35-31-27-25-29-33-37-41-45-49-53-57-61-72-66(71)60-56-52-48-44-40-36-32-28-24-22-20-18-16-14-12-10-8-6-4-2/h25,29,63-64,68-69H,3-24,26-28,30-62H2,1-2H3,(H,67,70)/b29-25-. The normalized spacial score (nSPS) is 12.6. The fraction of sp³-hybridized carbons (Fsp3) is 0.939. The van der Waals surface area contributed by atoms with Crippen molar-refractivity contribution in [2.24, 2.45) is 0 Å². The lowest BCUT2D eigenvalue weighted by Crippen LogP contribution is -2.45. The van der Waals surface area contributed by atoms with Gasteiger partial charge >= 0.3 is 5.97 Å². The molecule has 0 aromatic heterocycles. The third-order valence-corrected chi connectivity index (χ3v) is 15.6. The van der Waals surface area contributed by atoms with Crippen LogP contribution in [-0.4, -0.2) is 47.4 Å². The molecule has 0 saturated heterocycles. The van der Waals surface area contributed by atoms with E-state index in [2.05, 4.69) is 31.3 Å². The summed E-state index contributed by atoms with van der Waals surface area (Å²) in [7, 11) is 0. The molecule has 72 heavy (non-hydrogen) atoms. The number of allylic oxidation sites excluding steroid dienone is 2. The molecule has 0 heterocycles. The maximum atomic E-state index is 12.5. The first kappa shape index (κ1) is 70.6. The van der Waals surface area contributed by atoms with Gasteiger partial charge < -0.3 is 20.3 Å². The van der Waals surface area contributed by atoms with Gasteiger partial charge in [0.05, 0.1) is 25.4 Å². The van der Waals surface area contributed by atoms with Crippen molar-refractivity contribution >= 4 is 11.9 Å². The van der Waals surface area contributed by atoms with Crippen LogP contribution in [0.15, 0.2) is 12.2 Å². The second-order valence-corrected chi connectivity index (χ2v) is 22.8. The molecule has 0 aromatic carbocycles. The molecule has 0 fully saturated rings. The van der Waals surface area contributed by atoms with Crippen molar-refractivity contribution in [1.82, 2.24) is 5.32 Å². The fourth-order valence-electron chi connectivity index (χ4n) is 10.5. The van der Waals surface area contributed by atoms with Gasteiger partial charge in [-0.25, -0.2) is 0 Å². The molecule has 0 aliphatic heterocycles. The van der Waals surface area contributed by atoms with Crippen LogP contribution >= 0.6 is 0 Å². The summed E-state index contributed by atoms with van der Waals surface area (Å²) in [6, 6.07) is -0.550. The molecule has 6 heteroatoms. The summed E-state index contributed by atoms with van der Waals surface area (Å²) in [5, 5.41) is 23.4. The minimum absolute atomic E-state index is 0.00413. The molecule has 2 atom stereocenters. The Morgan fingerprint density at radius 3 is 0.986 bits per heavy atom. The Morgan fingerprint density at radius 2 is 0.653 bits per heavy atom. The number of nitrogens with one attached hydrogen (secondary N) is 1. The van der Waals surface area contributed by atoms with Gasteiger partial charge in [0.15, 0.2) is 0 Å². The highest BCUT2D eigenvalue weighted by atomic mass is 16.5. The van der Waals surface area contributed by atoms with E-state index in [1.54, 1.807) is 0 Å². The summed E-state index contributed by atoms with van der Waals surface area (Å²) < 4.78 is 5.50. The van der Waals surface area contributed by atoms with Crippen molar-refractivity contribution in [2.45, 2.75) is 386 Å². The summed E-state index contributed by atoms with van der Waals surface area (Å²) in [6.07, 6.45) is 75.1. The van der Waals surface area contributed by atoms with E-state index in [4.69, 9.17) is 4.74 Å². The lowest BCUT2D eigenvalue weighted by atomic mass is 10.0. The van der Waals surface area contributed by atoms with Crippen molar-refractivity contribution in [3.63, 3.8) is 0 Å². The highest BCUT2D eigenvalue weighted by Crippen LogP contribution is 2.18. The molecule has 0 aliphatic rings. The number of carbonyl (C=O) groups is 2. The molecule has 0 saturated carbocycles. The summed E-state index contributed by atoms with van der Waals surface area (Å²) >= 11 is 0. The molecule has 0 aromatic rings. The summed E-state index contributed by atoms with van der Waals surface area (Å²) in [6.45, 7) is 4.97. The quantitative estimate of drug-likeness (QED) is 0.0320. The molecule has 428 valence electrons. The summed E-state index contributed by atoms with van der Waals surface area (Å²) in [4.78, 5) is 24.6. The first-order valence-corrected chi connectivity index (χ1v) is 32.9. The molecule has 6 nitrogen and oxygen atoms in total. The maximum absolute atomic E-state index is 12.5. The van der Waals surface area contributed by atoms with E-state index in [-0.39, 0.29) is 18.5 Å². The van der Waals surface area contributed by atoms with Crippen LogP contribution in [0.5, 0.6) is 0 Å². The van der Waals surface area contributed by atoms with E-state index in [1.807, 2.05) is 0 Å². The monoisotopic (exact) mass is 1020 g/mol. The third-order valence-electron chi connectivity index (χ3n) is 15.6. The first-order valence-electron chi connectivity index (χ1n) is 32.9. The molecule has 0 aliphatic carbocycles. The molecule has 3 N–H and O–H groups in total. The Kier molecular flexibility index (Phi) is 60.9. The van der Waals surface area contributed by atoms with Gasteiger partial charge in [0.1, 0.15) is 0 Å². The minimum atomic E-state index is -0.672. The third kappa shape index (κ3) is 57.9. The van der Waals surface area contributed by atoms with Crippen LogP contribution in [0.1, 0.15) is 373 Å². The van der Waals surface area contributed by atoms with Crippen LogP contribution < -0.4 is 5.32 Å². The van der Waals surface area contributed by atoms with Crippen LogP contribution in [-0.2, 0) is 14.3 Å². The SMILES string of the molecule is CCCCCCCCCCCCCCCCCCCCCC(=O)OCCCCCCCC/C=C\CCCCCCCCCC(=O)NC(CO)C(O)CCCCCCCCCCCCCCCCCCCCC. The van der Waals surface area contributed by atoms with Gasteiger partial charge in [-0.2, -0.15) is 0 Å². The van der Waals surface area contributed by atoms with Gasteiger partial charge in [-0.05, 0) is 51.4 Å². The van der Waals surface area contributed by atoms with E-state index >= 15 is 0 Å². The Labute approximate surface area is 450 Å². The van der Waals surface area contributed by atoms with E-state index < -0.39 is 12.1 Å².